The summed E-state index contributed by atoms with van der Waals surface area (Å²) < 4.78 is 27.8. The van der Waals surface area contributed by atoms with Gasteiger partial charge in [0.15, 0.2) is 0 Å². The maximum atomic E-state index is 12.2. The molecule has 0 aliphatic heterocycles. The van der Waals surface area contributed by atoms with E-state index in [0.717, 1.165) is 10.0 Å². The van der Waals surface area contributed by atoms with Crippen molar-refractivity contribution in [3.05, 3.63) is 34.3 Å². The lowest BCUT2D eigenvalue weighted by atomic mass is 10.2. The van der Waals surface area contributed by atoms with Crippen molar-refractivity contribution in [2.75, 3.05) is 27.2 Å². The molecule has 1 aromatic carbocycles. The maximum Gasteiger partial charge on any atom is 0.281 e. The topological polar surface area (TPSA) is 60.9 Å². The van der Waals surface area contributed by atoms with E-state index in [0.29, 0.717) is 19.5 Å². The Morgan fingerprint density at radius 2 is 1.95 bits per heavy atom. The third kappa shape index (κ3) is 4.85. The molecule has 0 unspecified atom stereocenters. The predicted molar refractivity (Wildman–Crippen MR) is 78.9 cm³/mol. The lowest BCUT2D eigenvalue weighted by Crippen LogP contribution is -2.39. The highest BCUT2D eigenvalue weighted by molar-refractivity contribution is 9.10. The molecule has 5 nitrogen and oxygen atoms in total. The van der Waals surface area contributed by atoms with Crippen molar-refractivity contribution in [3.8, 4) is 0 Å². The summed E-state index contributed by atoms with van der Waals surface area (Å²) in [5.41, 5.74) is 0.913. The number of nitrogens with zero attached hydrogens (tertiary/aromatic N) is 2. The van der Waals surface area contributed by atoms with Gasteiger partial charge in [-0.15, -0.1) is 0 Å². The lowest BCUT2D eigenvalue weighted by Gasteiger charge is -2.24. The van der Waals surface area contributed by atoms with Crippen molar-refractivity contribution < 1.29 is 13.5 Å². The van der Waals surface area contributed by atoms with Crippen LogP contribution >= 0.6 is 15.9 Å². The Hall–Kier alpha value is -0.470. The van der Waals surface area contributed by atoms with Crippen LogP contribution in [-0.4, -0.2) is 49.4 Å². The van der Waals surface area contributed by atoms with E-state index in [1.807, 2.05) is 24.3 Å². The Morgan fingerprint density at radius 3 is 2.53 bits per heavy atom. The lowest BCUT2D eigenvalue weighted by molar-refractivity contribution is 0.272. The molecule has 0 aliphatic rings. The van der Waals surface area contributed by atoms with Crippen LogP contribution in [0.1, 0.15) is 12.0 Å². The van der Waals surface area contributed by atoms with Crippen molar-refractivity contribution >= 4 is 26.1 Å². The number of benzene rings is 1. The standard InChI is InChI=1S/C12H19BrN2O3S/c1-14(7-4-8-16)19(17,18)15(2)10-11-5-3-6-12(13)9-11/h3,5-6,9,16H,4,7-8,10H2,1-2H3. The van der Waals surface area contributed by atoms with Crippen molar-refractivity contribution in [1.29, 1.82) is 0 Å². The molecule has 0 aliphatic carbocycles. The van der Waals surface area contributed by atoms with E-state index in [2.05, 4.69) is 15.9 Å². The number of aliphatic hydroxyl groups excluding tert-OH is 1. The minimum Gasteiger partial charge on any atom is -0.396 e. The summed E-state index contributed by atoms with van der Waals surface area (Å²) in [5, 5.41) is 8.74. The predicted octanol–water partition coefficient (Wildman–Crippen LogP) is 1.44. The van der Waals surface area contributed by atoms with E-state index in [1.165, 1.54) is 15.7 Å². The van der Waals surface area contributed by atoms with Gasteiger partial charge in [0, 0.05) is 38.3 Å². The zero-order valence-corrected chi connectivity index (χ0v) is 13.5. The second kappa shape index (κ2) is 7.35. The molecule has 0 heterocycles. The Balaban J connectivity index is 2.73. The fourth-order valence-electron chi connectivity index (χ4n) is 1.62. The van der Waals surface area contributed by atoms with E-state index in [1.54, 1.807) is 7.05 Å². The minimum atomic E-state index is -3.48. The van der Waals surface area contributed by atoms with E-state index in [4.69, 9.17) is 5.11 Å². The first-order chi connectivity index (χ1) is 8.87. The average Bonchev–Trinajstić information content (AvgIpc) is 2.35. The molecule has 1 rings (SSSR count). The molecular weight excluding hydrogens is 332 g/mol. The maximum absolute atomic E-state index is 12.2. The van der Waals surface area contributed by atoms with Crippen LogP contribution in [0.4, 0.5) is 0 Å². The third-order valence-corrected chi connectivity index (χ3v) is 5.09. The molecule has 0 bridgehead atoms. The molecule has 0 spiro atoms. The van der Waals surface area contributed by atoms with Crippen LogP contribution in [0.25, 0.3) is 0 Å². The van der Waals surface area contributed by atoms with Gasteiger partial charge in [-0.1, -0.05) is 28.1 Å². The Labute approximate surface area is 123 Å². The first-order valence-corrected chi connectivity index (χ1v) is 8.10. The van der Waals surface area contributed by atoms with E-state index < -0.39 is 10.2 Å². The SMILES string of the molecule is CN(CCCO)S(=O)(=O)N(C)Cc1cccc(Br)c1. The molecular formula is C12H19BrN2O3S. The van der Waals surface area contributed by atoms with E-state index in [9.17, 15) is 8.42 Å². The summed E-state index contributed by atoms with van der Waals surface area (Å²) in [7, 11) is -0.418. The molecule has 1 aromatic rings. The van der Waals surface area contributed by atoms with Gasteiger partial charge >= 0.3 is 0 Å². The van der Waals surface area contributed by atoms with Gasteiger partial charge in [0.25, 0.3) is 10.2 Å². The first-order valence-electron chi connectivity index (χ1n) is 5.91. The Morgan fingerprint density at radius 1 is 1.26 bits per heavy atom. The van der Waals surface area contributed by atoms with Crippen molar-refractivity contribution in [2.45, 2.75) is 13.0 Å². The monoisotopic (exact) mass is 350 g/mol. The van der Waals surface area contributed by atoms with Gasteiger partial charge in [-0.3, -0.25) is 0 Å². The molecule has 0 amide bonds. The van der Waals surface area contributed by atoms with Crippen LogP contribution in [0.15, 0.2) is 28.7 Å². The number of hydrogen-bond acceptors (Lipinski definition) is 3. The van der Waals surface area contributed by atoms with Crippen LogP contribution in [-0.2, 0) is 16.8 Å². The fourth-order valence-corrected chi connectivity index (χ4v) is 3.22. The summed E-state index contributed by atoms with van der Waals surface area (Å²) >= 11 is 3.36. The van der Waals surface area contributed by atoms with Crippen molar-refractivity contribution in [3.63, 3.8) is 0 Å². The molecule has 19 heavy (non-hydrogen) atoms. The second-order valence-corrected chi connectivity index (χ2v) is 7.35. The Kier molecular flexibility index (Phi) is 6.41. The highest BCUT2D eigenvalue weighted by Gasteiger charge is 2.23. The van der Waals surface area contributed by atoms with Gasteiger partial charge < -0.3 is 5.11 Å². The highest BCUT2D eigenvalue weighted by atomic mass is 79.9. The molecule has 0 saturated heterocycles. The summed E-state index contributed by atoms with van der Waals surface area (Å²) in [6.07, 6.45) is 0.431. The van der Waals surface area contributed by atoms with Crippen molar-refractivity contribution in [2.24, 2.45) is 0 Å². The summed E-state index contributed by atoms with van der Waals surface area (Å²) in [4.78, 5) is 0. The zero-order chi connectivity index (χ0) is 14.5. The molecule has 0 saturated carbocycles. The van der Waals surface area contributed by atoms with Crippen LogP contribution in [0, 0.1) is 0 Å². The quantitative estimate of drug-likeness (QED) is 0.809. The van der Waals surface area contributed by atoms with Gasteiger partial charge in [0.1, 0.15) is 0 Å². The molecule has 0 fully saturated rings. The zero-order valence-electron chi connectivity index (χ0n) is 11.1. The molecule has 7 heteroatoms. The number of rotatable bonds is 7. The van der Waals surface area contributed by atoms with Gasteiger partial charge in [-0.25, -0.2) is 0 Å². The van der Waals surface area contributed by atoms with Gasteiger partial charge in [-0.05, 0) is 24.1 Å². The molecule has 108 valence electrons. The van der Waals surface area contributed by atoms with Crippen molar-refractivity contribution in [1.82, 2.24) is 8.61 Å². The van der Waals surface area contributed by atoms with Crippen LogP contribution < -0.4 is 0 Å². The minimum absolute atomic E-state index is 0.0186. The largest absolute Gasteiger partial charge is 0.396 e. The summed E-state index contributed by atoms with van der Waals surface area (Å²) in [5.74, 6) is 0. The van der Waals surface area contributed by atoms with E-state index in [-0.39, 0.29) is 6.61 Å². The fraction of sp³-hybridized carbons (Fsp3) is 0.500. The summed E-state index contributed by atoms with van der Waals surface area (Å²) in [6.45, 7) is 0.599. The van der Waals surface area contributed by atoms with Gasteiger partial charge in [0.05, 0.1) is 0 Å². The van der Waals surface area contributed by atoms with Gasteiger partial charge in [-0.2, -0.15) is 17.0 Å². The van der Waals surface area contributed by atoms with Gasteiger partial charge in [0.2, 0.25) is 0 Å². The summed E-state index contributed by atoms with van der Waals surface area (Å²) in [6, 6.07) is 7.53. The average molecular weight is 351 g/mol. The molecule has 1 N–H and O–H groups in total. The third-order valence-electron chi connectivity index (χ3n) is 2.71. The number of aliphatic hydroxyl groups is 1. The smallest absolute Gasteiger partial charge is 0.281 e. The number of hydrogen-bond donors (Lipinski definition) is 1. The van der Waals surface area contributed by atoms with Crippen LogP contribution in [0.5, 0.6) is 0 Å². The molecule has 0 radical (unpaired) electrons. The molecule has 0 atom stereocenters. The number of halogens is 1. The second-order valence-electron chi connectivity index (χ2n) is 4.29. The first kappa shape index (κ1) is 16.6. The van der Waals surface area contributed by atoms with E-state index >= 15 is 0 Å². The molecule has 0 aromatic heterocycles. The van der Waals surface area contributed by atoms with Crippen LogP contribution in [0.2, 0.25) is 0 Å². The van der Waals surface area contributed by atoms with Crippen LogP contribution in [0.3, 0.4) is 0 Å². The highest BCUT2D eigenvalue weighted by Crippen LogP contribution is 2.15. The Bertz CT molecular complexity index is 507. The normalized spacial score (nSPS) is 12.3.